The molecule has 0 amide bonds. The molecule has 0 saturated heterocycles. The summed E-state index contributed by atoms with van der Waals surface area (Å²) in [6.07, 6.45) is 0. The van der Waals surface area contributed by atoms with E-state index in [2.05, 4.69) is 0 Å². The number of nitrogens with zero attached hydrogens (tertiary/aromatic N) is 2. The van der Waals surface area contributed by atoms with Gasteiger partial charge in [-0.15, -0.1) is 0 Å². The first-order chi connectivity index (χ1) is 10.4. The molecule has 9 nitrogen and oxygen atoms in total. The van der Waals surface area contributed by atoms with Crippen LogP contribution in [0.3, 0.4) is 0 Å². The number of para-hydroxylation sites is 1. The van der Waals surface area contributed by atoms with Crippen LogP contribution in [0.15, 0.2) is 42.5 Å². The lowest BCUT2D eigenvalue weighted by atomic mass is 10.1. The SMILES string of the molecule is O=C(Oc1ccccc1)c1cc([N+](=O)[O-])cc([N+](=O)[O-])c1O. The van der Waals surface area contributed by atoms with Gasteiger partial charge in [-0.1, -0.05) is 18.2 Å². The van der Waals surface area contributed by atoms with E-state index in [9.17, 15) is 30.1 Å². The molecule has 0 heterocycles. The molecule has 0 aromatic heterocycles. The quantitative estimate of drug-likeness (QED) is 0.397. The summed E-state index contributed by atoms with van der Waals surface area (Å²) >= 11 is 0. The van der Waals surface area contributed by atoms with Crippen molar-refractivity contribution < 1.29 is 24.5 Å². The van der Waals surface area contributed by atoms with Crippen molar-refractivity contribution in [3.8, 4) is 11.5 Å². The molecule has 2 aromatic rings. The van der Waals surface area contributed by atoms with Gasteiger partial charge in [0, 0.05) is 6.07 Å². The van der Waals surface area contributed by atoms with E-state index in [1.165, 1.54) is 12.1 Å². The lowest BCUT2D eigenvalue weighted by Gasteiger charge is -2.06. The highest BCUT2D eigenvalue weighted by atomic mass is 16.6. The molecule has 0 spiro atoms. The molecule has 0 aliphatic heterocycles. The van der Waals surface area contributed by atoms with Crippen molar-refractivity contribution in [3.05, 3.63) is 68.3 Å². The highest BCUT2D eigenvalue weighted by Crippen LogP contribution is 2.34. The van der Waals surface area contributed by atoms with Gasteiger partial charge in [0.15, 0.2) is 0 Å². The molecule has 0 unspecified atom stereocenters. The van der Waals surface area contributed by atoms with Gasteiger partial charge >= 0.3 is 11.7 Å². The molecule has 0 atom stereocenters. The van der Waals surface area contributed by atoms with Gasteiger partial charge in [0.2, 0.25) is 5.75 Å². The van der Waals surface area contributed by atoms with E-state index in [1.807, 2.05) is 0 Å². The van der Waals surface area contributed by atoms with Crippen molar-refractivity contribution in [1.82, 2.24) is 0 Å². The molecule has 0 bridgehead atoms. The summed E-state index contributed by atoms with van der Waals surface area (Å²) in [4.78, 5) is 31.6. The number of non-ortho nitro benzene ring substituents is 1. The highest BCUT2D eigenvalue weighted by Gasteiger charge is 2.28. The summed E-state index contributed by atoms with van der Waals surface area (Å²) in [7, 11) is 0. The third-order valence-electron chi connectivity index (χ3n) is 2.66. The lowest BCUT2D eigenvalue weighted by Crippen LogP contribution is -2.10. The molecule has 9 heteroatoms. The van der Waals surface area contributed by atoms with Crippen molar-refractivity contribution >= 4 is 17.3 Å². The van der Waals surface area contributed by atoms with Crippen LogP contribution in [0.2, 0.25) is 0 Å². The zero-order valence-electron chi connectivity index (χ0n) is 10.8. The third-order valence-corrected chi connectivity index (χ3v) is 2.66. The smallest absolute Gasteiger partial charge is 0.347 e. The van der Waals surface area contributed by atoms with Crippen LogP contribution in [0, 0.1) is 20.2 Å². The maximum Gasteiger partial charge on any atom is 0.347 e. The number of aromatic hydroxyl groups is 1. The number of nitro benzene ring substituents is 2. The Balaban J connectivity index is 2.47. The van der Waals surface area contributed by atoms with Gasteiger partial charge in [-0.25, -0.2) is 4.79 Å². The first kappa shape index (κ1) is 14.9. The minimum absolute atomic E-state index is 0.126. The molecular weight excluding hydrogens is 296 g/mol. The summed E-state index contributed by atoms with van der Waals surface area (Å²) in [5.74, 6) is -2.01. The van der Waals surface area contributed by atoms with Crippen LogP contribution in [0.5, 0.6) is 11.5 Å². The number of rotatable bonds is 4. The normalized spacial score (nSPS) is 10.0. The Morgan fingerprint density at radius 2 is 1.68 bits per heavy atom. The Morgan fingerprint density at radius 3 is 2.23 bits per heavy atom. The second-order valence-corrected chi connectivity index (χ2v) is 4.08. The molecule has 0 saturated carbocycles. The Kier molecular flexibility index (Phi) is 3.98. The first-order valence-corrected chi connectivity index (χ1v) is 5.83. The standard InChI is InChI=1S/C13H8N2O7/c16-12-10(13(17)22-9-4-2-1-3-5-9)6-8(14(18)19)7-11(12)15(20)21/h1-7,16H. The maximum absolute atomic E-state index is 12.0. The van der Waals surface area contributed by atoms with Gasteiger partial charge in [-0.3, -0.25) is 20.2 Å². The number of phenols is 1. The molecule has 0 fully saturated rings. The summed E-state index contributed by atoms with van der Waals surface area (Å²) < 4.78 is 4.91. The molecule has 22 heavy (non-hydrogen) atoms. The fourth-order valence-corrected chi connectivity index (χ4v) is 1.66. The van der Waals surface area contributed by atoms with Crippen LogP contribution in [-0.4, -0.2) is 20.9 Å². The molecule has 0 radical (unpaired) electrons. The van der Waals surface area contributed by atoms with Gasteiger partial charge in [0.25, 0.3) is 5.69 Å². The second kappa shape index (κ2) is 5.87. The van der Waals surface area contributed by atoms with Crippen LogP contribution >= 0.6 is 0 Å². The minimum Gasteiger partial charge on any atom is -0.501 e. The summed E-state index contributed by atoms with van der Waals surface area (Å²) in [6.45, 7) is 0. The number of hydrogen-bond acceptors (Lipinski definition) is 7. The van der Waals surface area contributed by atoms with Crippen molar-refractivity contribution in [3.63, 3.8) is 0 Å². The number of nitro groups is 2. The summed E-state index contributed by atoms with van der Waals surface area (Å²) in [5, 5.41) is 31.3. The van der Waals surface area contributed by atoms with Crippen molar-refractivity contribution in [2.45, 2.75) is 0 Å². The fourth-order valence-electron chi connectivity index (χ4n) is 1.66. The number of ether oxygens (including phenoxy) is 1. The van der Waals surface area contributed by atoms with Crippen molar-refractivity contribution in [1.29, 1.82) is 0 Å². The predicted octanol–water partition coefficient (Wildman–Crippen LogP) is 2.43. The topological polar surface area (TPSA) is 133 Å². The Morgan fingerprint density at radius 1 is 1.05 bits per heavy atom. The van der Waals surface area contributed by atoms with E-state index in [-0.39, 0.29) is 5.75 Å². The third kappa shape index (κ3) is 2.98. The summed E-state index contributed by atoms with van der Waals surface area (Å²) in [5.41, 5.74) is -2.32. The van der Waals surface area contributed by atoms with Crippen LogP contribution in [0.4, 0.5) is 11.4 Å². The maximum atomic E-state index is 12.0. The van der Waals surface area contributed by atoms with E-state index < -0.39 is 38.5 Å². The number of phenolic OH excluding ortho intramolecular Hbond substituents is 1. The number of benzene rings is 2. The van der Waals surface area contributed by atoms with E-state index >= 15 is 0 Å². The molecule has 2 aromatic carbocycles. The Hall–Kier alpha value is -3.49. The largest absolute Gasteiger partial charge is 0.501 e. The zero-order valence-corrected chi connectivity index (χ0v) is 10.8. The van der Waals surface area contributed by atoms with E-state index in [1.54, 1.807) is 18.2 Å². The van der Waals surface area contributed by atoms with E-state index in [4.69, 9.17) is 4.74 Å². The first-order valence-electron chi connectivity index (χ1n) is 5.83. The van der Waals surface area contributed by atoms with Crippen LogP contribution in [0.1, 0.15) is 10.4 Å². The highest BCUT2D eigenvalue weighted by molar-refractivity contribution is 5.96. The van der Waals surface area contributed by atoms with Crippen molar-refractivity contribution in [2.24, 2.45) is 0 Å². The van der Waals surface area contributed by atoms with Crippen LogP contribution in [0.25, 0.3) is 0 Å². The molecule has 0 aliphatic carbocycles. The monoisotopic (exact) mass is 304 g/mol. The summed E-state index contributed by atoms with van der Waals surface area (Å²) in [6, 6.07) is 9.01. The predicted molar refractivity (Wildman–Crippen MR) is 72.8 cm³/mol. The molecule has 2 rings (SSSR count). The van der Waals surface area contributed by atoms with Crippen LogP contribution in [-0.2, 0) is 0 Å². The number of carbonyl (C=O) groups excluding carboxylic acids is 1. The van der Waals surface area contributed by atoms with E-state index in [0.717, 1.165) is 0 Å². The Bertz CT molecular complexity index is 758. The molecule has 0 aliphatic rings. The van der Waals surface area contributed by atoms with Crippen LogP contribution < -0.4 is 4.74 Å². The zero-order chi connectivity index (χ0) is 16.3. The second-order valence-electron chi connectivity index (χ2n) is 4.08. The number of esters is 1. The molecular formula is C13H8N2O7. The van der Waals surface area contributed by atoms with E-state index in [0.29, 0.717) is 12.1 Å². The molecule has 112 valence electrons. The molecule has 1 N–H and O–H groups in total. The average Bonchev–Trinajstić information content (AvgIpc) is 2.47. The lowest BCUT2D eigenvalue weighted by molar-refractivity contribution is -0.394. The fraction of sp³-hybridized carbons (Fsp3) is 0. The Labute approximate surface area is 122 Å². The minimum atomic E-state index is -1.14. The van der Waals surface area contributed by atoms with Gasteiger partial charge in [-0.05, 0) is 12.1 Å². The average molecular weight is 304 g/mol. The van der Waals surface area contributed by atoms with Gasteiger partial charge in [0.1, 0.15) is 11.3 Å². The van der Waals surface area contributed by atoms with Gasteiger partial charge in [0.05, 0.1) is 15.9 Å². The number of hydrogen-bond donors (Lipinski definition) is 1. The van der Waals surface area contributed by atoms with Gasteiger partial charge in [-0.2, -0.15) is 0 Å². The number of carbonyl (C=O) groups is 1. The van der Waals surface area contributed by atoms with Crippen molar-refractivity contribution in [2.75, 3.05) is 0 Å². The van der Waals surface area contributed by atoms with Gasteiger partial charge < -0.3 is 9.84 Å².